The number of nitrogens with zero attached hydrogens (tertiary/aromatic N) is 3. The number of non-ortho nitro benzene ring substituents is 1. The highest BCUT2D eigenvalue weighted by Gasteiger charge is 2.30. The van der Waals surface area contributed by atoms with Gasteiger partial charge >= 0.3 is 0 Å². The lowest BCUT2D eigenvalue weighted by Crippen LogP contribution is -2.49. The molecule has 2 aromatic carbocycles. The van der Waals surface area contributed by atoms with E-state index in [9.17, 15) is 18.5 Å². The summed E-state index contributed by atoms with van der Waals surface area (Å²) in [6.45, 7) is 4.58. The first-order valence-electron chi connectivity index (χ1n) is 9.13. The van der Waals surface area contributed by atoms with Crippen LogP contribution in [0.3, 0.4) is 0 Å². The van der Waals surface area contributed by atoms with Crippen LogP contribution in [0.5, 0.6) is 5.75 Å². The van der Waals surface area contributed by atoms with E-state index in [-0.39, 0.29) is 10.6 Å². The van der Waals surface area contributed by atoms with Crippen molar-refractivity contribution < 1.29 is 18.1 Å². The van der Waals surface area contributed by atoms with Gasteiger partial charge in [0.25, 0.3) is 5.69 Å². The number of aryl methyl sites for hydroxylation is 1. The molecule has 0 unspecified atom stereocenters. The molecule has 1 saturated heterocycles. The van der Waals surface area contributed by atoms with E-state index >= 15 is 0 Å². The summed E-state index contributed by atoms with van der Waals surface area (Å²) in [5, 5.41) is 11.6. The zero-order valence-electron chi connectivity index (χ0n) is 16.0. The van der Waals surface area contributed by atoms with Gasteiger partial charge in [-0.1, -0.05) is 17.7 Å². The van der Waals surface area contributed by atoms with E-state index in [0.717, 1.165) is 11.8 Å². The summed E-state index contributed by atoms with van der Waals surface area (Å²) in [6, 6.07) is 11.0. The number of halogens is 1. The van der Waals surface area contributed by atoms with Gasteiger partial charge in [-0.3, -0.25) is 15.0 Å². The number of piperazine rings is 1. The molecule has 0 bridgehead atoms. The van der Waals surface area contributed by atoms with Crippen LogP contribution >= 0.6 is 11.6 Å². The molecule has 0 aliphatic carbocycles. The molecule has 0 atom stereocenters. The molecule has 1 fully saturated rings. The first-order chi connectivity index (χ1) is 13.8. The monoisotopic (exact) mass is 439 g/mol. The molecule has 3 rings (SSSR count). The quantitative estimate of drug-likeness (QED) is 0.486. The number of hydrogen-bond acceptors (Lipinski definition) is 6. The van der Waals surface area contributed by atoms with Crippen molar-refractivity contribution in [1.29, 1.82) is 0 Å². The van der Waals surface area contributed by atoms with Crippen molar-refractivity contribution in [2.75, 3.05) is 39.3 Å². The molecule has 29 heavy (non-hydrogen) atoms. The second-order valence-corrected chi connectivity index (χ2v) is 9.10. The van der Waals surface area contributed by atoms with Crippen LogP contribution in [0.1, 0.15) is 5.56 Å². The maximum absolute atomic E-state index is 13.0. The Kier molecular flexibility index (Phi) is 6.74. The van der Waals surface area contributed by atoms with Gasteiger partial charge in [0, 0.05) is 49.9 Å². The maximum atomic E-state index is 13.0. The molecule has 156 valence electrons. The molecule has 1 heterocycles. The number of nitro groups is 1. The Morgan fingerprint density at radius 2 is 1.76 bits per heavy atom. The van der Waals surface area contributed by atoms with E-state index in [1.807, 2.05) is 0 Å². The number of rotatable bonds is 7. The van der Waals surface area contributed by atoms with Gasteiger partial charge in [-0.15, -0.1) is 0 Å². The number of ether oxygens (including phenoxy) is 1. The fourth-order valence-electron chi connectivity index (χ4n) is 3.14. The van der Waals surface area contributed by atoms with Crippen LogP contribution in [0.25, 0.3) is 0 Å². The predicted octanol–water partition coefficient (Wildman–Crippen LogP) is 2.94. The molecule has 0 saturated carbocycles. The normalized spacial score (nSPS) is 15.9. The summed E-state index contributed by atoms with van der Waals surface area (Å²) in [6.07, 6.45) is 0. The highest BCUT2D eigenvalue weighted by Crippen LogP contribution is 2.25. The van der Waals surface area contributed by atoms with E-state index in [2.05, 4.69) is 4.90 Å². The summed E-state index contributed by atoms with van der Waals surface area (Å²) in [7, 11) is -3.78. The minimum absolute atomic E-state index is 0.00813. The van der Waals surface area contributed by atoms with Crippen molar-refractivity contribution in [2.45, 2.75) is 11.8 Å². The molecule has 1 aliphatic heterocycles. The molecule has 0 amide bonds. The third-order valence-corrected chi connectivity index (χ3v) is 7.11. The molecule has 0 radical (unpaired) electrons. The number of hydrogen-bond donors (Lipinski definition) is 0. The molecule has 8 nitrogen and oxygen atoms in total. The zero-order valence-corrected chi connectivity index (χ0v) is 17.5. The van der Waals surface area contributed by atoms with E-state index in [1.54, 1.807) is 31.2 Å². The van der Waals surface area contributed by atoms with Crippen LogP contribution in [-0.2, 0) is 10.0 Å². The molecule has 0 spiro atoms. The van der Waals surface area contributed by atoms with Gasteiger partial charge in [0.1, 0.15) is 12.4 Å². The topological polar surface area (TPSA) is 93.0 Å². The lowest BCUT2D eigenvalue weighted by atomic mass is 10.2. The number of benzene rings is 2. The van der Waals surface area contributed by atoms with Gasteiger partial charge < -0.3 is 4.74 Å². The Labute approximate surface area is 174 Å². The molecule has 2 aromatic rings. The summed E-state index contributed by atoms with van der Waals surface area (Å²) >= 11 is 5.85. The highest BCUT2D eigenvalue weighted by molar-refractivity contribution is 7.89. The lowest BCUT2D eigenvalue weighted by molar-refractivity contribution is -0.385. The first kappa shape index (κ1) is 21.5. The van der Waals surface area contributed by atoms with Crippen molar-refractivity contribution in [3.8, 4) is 5.75 Å². The molecule has 1 aliphatic rings. The van der Waals surface area contributed by atoms with Crippen LogP contribution in [0.4, 0.5) is 5.69 Å². The Hall–Kier alpha value is -2.20. The zero-order chi connectivity index (χ0) is 21.0. The third-order valence-electron chi connectivity index (χ3n) is 4.82. The second kappa shape index (κ2) is 9.08. The lowest BCUT2D eigenvalue weighted by Gasteiger charge is -2.34. The predicted molar refractivity (Wildman–Crippen MR) is 110 cm³/mol. The SMILES string of the molecule is Cc1ccc([N+](=O)[O-])cc1S(=O)(=O)N1CCN(CCOc2ccc(Cl)cc2)CC1. The molecule has 0 N–H and O–H groups in total. The minimum Gasteiger partial charge on any atom is -0.492 e. The molecular weight excluding hydrogens is 418 g/mol. The van der Waals surface area contributed by atoms with Crippen LogP contribution in [0.15, 0.2) is 47.4 Å². The maximum Gasteiger partial charge on any atom is 0.270 e. The minimum atomic E-state index is -3.78. The van der Waals surface area contributed by atoms with Crippen LogP contribution in [-0.4, -0.2) is 61.9 Å². The van der Waals surface area contributed by atoms with E-state index in [4.69, 9.17) is 16.3 Å². The largest absolute Gasteiger partial charge is 0.492 e. The van der Waals surface area contributed by atoms with Crippen molar-refractivity contribution in [3.05, 3.63) is 63.2 Å². The Morgan fingerprint density at radius 3 is 2.38 bits per heavy atom. The van der Waals surface area contributed by atoms with Gasteiger partial charge in [-0.25, -0.2) is 8.42 Å². The van der Waals surface area contributed by atoms with Gasteiger partial charge in [-0.2, -0.15) is 4.31 Å². The fourth-order valence-corrected chi connectivity index (χ4v) is 4.93. The average Bonchev–Trinajstić information content (AvgIpc) is 2.70. The standard InChI is InChI=1S/C19H22ClN3O5S/c1-15-2-5-17(23(24)25)14-19(15)29(26,27)22-10-8-21(9-11-22)12-13-28-18-6-3-16(20)4-7-18/h2-7,14H,8-13H2,1H3. The van der Waals surface area contributed by atoms with Crippen molar-refractivity contribution in [1.82, 2.24) is 9.21 Å². The summed E-state index contributed by atoms with van der Waals surface area (Å²) in [5.74, 6) is 0.733. The summed E-state index contributed by atoms with van der Waals surface area (Å²) in [5.41, 5.74) is 0.265. The first-order valence-corrected chi connectivity index (χ1v) is 10.9. The van der Waals surface area contributed by atoms with Gasteiger partial charge in [0.15, 0.2) is 0 Å². The van der Waals surface area contributed by atoms with Crippen LogP contribution in [0, 0.1) is 17.0 Å². The van der Waals surface area contributed by atoms with Crippen molar-refractivity contribution in [2.24, 2.45) is 0 Å². The Bertz CT molecular complexity index is 974. The number of sulfonamides is 1. The van der Waals surface area contributed by atoms with Crippen molar-refractivity contribution in [3.63, 3.8) is 0 Å². The van der Waals surface area contributed by atoms with Gasteiger partial charge in [0.05, 0.1) is 9.82 Å². The summed E-state index contributed by atoms with van der Waals surface area (Å²) in [4.78, 5) is 12.5. The van der Waals surface area contributed by atoms with E-state index in [0.29, 0.717) is 49.9 Å². The average molecular weight is 440 g/mol. The fraction of sp³-hybridized carbons (Fsp3) is 0.368. The third kappa shape index (κ3) is 5.24. The summed E-state index contributed by atoms with van der Waals surface area (Å²) < 4.78 is 33.0. The van der Waals surface area contributed by atoms with Gasteiger partial charge in [-0.05, 0) is 36.8 Å². The Balaban J connectivity index is 1.56. The molecule has 0 aromatic heterocycles. The van der Waals surface area contributed by atoms with E-state index in [1.165, 1.54) is 16.4 Å². The van der Waals surface area contributed by atoms with Gasteiger partial charge in [0.2, 0.25) is 10.0 Å². The second-order valence-electron chi connectivity index (χ2n) is 6.76. The van der Waals surface area contributed by atoms with Crippen LogP contribution < -0.4 is 4.74 Å². The Morgan fingerprint density at radius 1 is 1.10 bits per heavy atom. The molecule has 10 heteroatoms. The number of nitro benzene ring substituents is 1. The highest BCUT2D eigenvalue weighted by atomic mass is 35.5. The molecular formula is C19H22ClN3O5S. The smallest absolute Gasteiger partial charge is 0.270 e. The van der Waals surface area contributed by atoms with Crippen molar-refractivity contribution >= 4 is 27.3 Å². The van der Waals surface area contributed by atoms with E-state index < -0.39 is 14.9 Å². The van der Waals surface area contributed by atoms with Crippen LogP contribution in [0.2, 0.25) is 5.02 Å².